The maximum Gasteiger partial charge on any atom is 0.266 e. The number of aliphatic hydroxyl groups excluding tert-OH is 2. The van der Waals surface area contributed by atoms with Gasteiger partial charge in [0.25, 0.3) is 10.1 Å². The van der Waals surface area contributed by atoms with Crippen LogP contribution in [-0.4, -0.2) is 65.5 Å². The molecule has 0 bridgehead atoms. The topological polar surface area (TPSA) is 150 Å². The van der Waals surface area contributed by atoms with Crippen molar-refractivity contribution in [2.24, 2.45) is 46.3 Å². The molecule has 4 aliphatic carbocycles. The molecule has 0 spiro atoms. The lowest BCUT2D eigenvalue weighted by atomic mass is 9.43. The van der Waals surface area contributed by atoms with E-state index >= 15 is 0 Å². The van der Waals surface area contributed by atoms with Crippen molar-refractivity contribution in [3.05, 3.63) is 0 Å². The quantitative estimate of drug-likeness (QED) is 0.364. The summed E-state index contributed by atoms with van der Waals surface area (Å²) >= 11 is 0. The van der Waals surface area contributed by atoms with Gasteiger partial charge >= 0.3 is 0 Å². The van der Waals surface area contributed by atoms with E-state index in [2.05, 4.69) is 20.8 Å². The first-order chi connectivity index (χ1) is 16.3. The van der Waals surface area contributed by atoms with Crippen LogP contribution in [0.4, 0.5) is 0 Å². The number of nitrogens with zero attached hydrogens (tertiary/aromatic N) is 1. The zero-order chi connectivity index (χ0) is 25.8. The van der Waals surface area contributed by atoms with Crippen molar-refractivity contribution in [3.63, 3.8) is 0 Å². The van der Waals surface area contributed by atoms with E-state index in [4.69, 9.17) is 4.55 Å². The maximum atomic E-state index is 12.6. The van der Waals surface area contributed by atoms with Gasteiger partial charge in [-0.3, -0.25) is 9.35 Å². The lowest BCUT2D eigenvalue weighted by Crippen LogP contribution is -2.58. The summed E-state index contributed by atoms with van der Waals surface area (Å²) in [5.41, 5.74) is 0.409. The van der Waals surface area contributed by atoms with E-state index in [1.807, 2.05) is 0 Å². The normalized spacial score (nSPS) is 42.9. The Hall–Kier alpha value is -0.740. The van der Waals surface area contributed by atoms with Crippen LogP contribution in [0.1, 0.15) is 85.0 Å². The van der Waals surface area contributed by atoms with Crippen molar-refractivity contribution >= 4 is 16.0 Å². The van der Waals surface area contributed by atoms with Gasteiger partial charge in [-0.2, -0.15) is 8.42 Å². The largest absolute Gasteiger partial charge is 0.393 e. The second-order valence-corrected chi connectivity index (χ2v) is 14.6. The molecule has 4 rings (SSSR count). The van der Waals surface area contributed by atoms with Crippen LogP contribution in [0.3, 0.4) is 0 Å². The molecule has 4 unspecified atom stereocenters. The summed E-state index contributed by atoms with van der Waals surface area (Å²) in [6.07, 6.45) is 8.91. The predicted molar refractivity (Wildman–Crippen MR) is 140 cm³/mol. The third kappa shape index (κ3) is 5.51. The molecule has 210 valence electrons. The van der Waals surface area contributed by atoms with Crippen LogP contribution in [0.25, 0.3) is 0 Å². The lowest BCUT2D eigenvalue weighted by Gasteiger charge is -2.62. The third-order valence-electron chi connectivity index (χ3n) is 11.3. The highest BCUT2D eigenvalue weighted by atomic mass is 32.2. The average Bonchev–Trinajstić information content (AvgIpc) is 3.13. The smallest absolute Gasteiger partial charge is 0.266 e. The monoisotopic (exact) mass is 530 g/mol. The van der Waals surface area contributed by atoms with Crippen molar-refractivity contribution in [2.75, 3.05) is 19.3 Å². The first-order valence-electron chi connectivity index (χ1n) is 13.8. The van der Waals surface area contributed by atoms with E-state index in [9.17, 15) is 23.4 Å². The molecule has 1 amide bonds. The van der Waals surface area contributed by atoms with Crippen LogP contribution in [0.15, 0.2) is 0 Å². The zero-order valence-corrected chi connectivity index (χ0v) is 23.5. The fourth-order valence-electron chi connectivity index (χ4n) is 9.30. The van der Waals surface area contributed by atoms with Gasteiger partial charge in [0, 0.05) is 20.0 Å². The molecule has 0 aliphatic heterocycles. The summed E-state index contributed by atoms with van der Waals surface area (Å²) in [5.74, 6) is 2.21. The fraction of sp³-hybridized carbons (Fsp3) is 0.963. The summed E-state index contributed by atoms with van der Waals surface area (Å²) < 4.78 is 30.9. The Morgan fingerprint density at radius 3 is 2.33 bits per heavy atom. The van der Waals surface area contributed by atoms with E-state index in [-0.39, 0.29) is 41.6 Å². The van der Waals surface area contributed by atoms with Crippen molar-refractivity contribution in [1.29, 1.82) is 0 Å². The molecule has 4 aliphatic rings. The number of carbonyl (C=O) groups is 1. The number of fused-ring (bicyclic) bond motifs is 5. The van der Waals surface area contributed by atoms with Crippen molar-refractivity contribution in [2.45, 2.75) is 97.2 Å². The van der Waals surface area contributed by atoms with Gasteiger partial charge in [0.15, 0.2) is 0 Å². The van der Waals surface area contributed by atoms with Gasteiger partial charge < -0.3 is 21.3 Å². The number of aliphatic hydroxyl groups is 2. The Balaban J connectivity index is 0.00000361. The molecule has 0 aromatic rings. The van der Waals surface area contributed by atoms with E-state index in [0.29, 0.717) is 41.9 Å². The van der Waals surface area contributed by atoms with Gasteiger partial charge in [-0.25, -0.2) is 0 Å². The first kappa shape index (κ1) is 29.8. The van der Waals surface area contributed by atoms with E-state index in [1.165, 1.54) is 11.3 Å². The molecular formula is C27H50N2O6S. The molecule has 6 N–H and O–H groups in total. The summed E-state index contributed by atoms with van der Waals surface area (Å²) in [7, 11) is -2.48. The van der Waals surface area contributed by atoms with Gasteiger partial charge in [-0.1, -0.05) is 20.8 Å². The Morgan fingerprint density at radius 1 is 1.03 bits per heavy atom. The predicted octanol–water partition coefficient (Wildman–Crippen LogP) is 3.90. The second kappa shape index (κ2) is 10.8. The van der Waals surface area contributed by atoms with Crippen LogP contribution >= 0.6 is 0 Å². The molecular weight excluding hydrogens is 480 g/mol. The molecule has 0 saturated heterocycles. The van der Waals surface area contributed by atoms with E-state index in [0.717, 1.165) is 51.4 Å². The number of amides is 1. The average molecular weight is 531 g/mol. The minimum atomic E-state index is -4.07. The van der Waals surface area contributed by atoms with Crippen molar-refractivity contribution < 1.29 is 28.0 Å². The minimum absolute atomic E-state index is 0. The SMILES string of the molecule is C[C@H](CCC(=O)N(C)CCS(=O)(=O)O)[C@H]1CCC2C3C(CC[C@@]21C)[C@@]1(C)CC[C@@H](O)CC1C[C@@H]3O.N. The Kier molecular flexibility index (Phi) is 8.94. The lowest BCUT2D eigenvalue weighted by molar-refractivity contribution is -0.174. The molecule has 4 saturated carbocycles. The molecule has 4 fully saturated rings. The molecule has 10 atom stereocenters. The maximum absolute atomic E-state index is 12.6. The number of hydrogen-bond acceptors (Lipinski definition) is 6. The van der Waals surface area contributed by atoms with E-state index in [1.54, 1.807) is 7.05 Å². The molecule has 0 heterocycles. The van der Waals surface area contributed by atoms with Gasteiger partial charge in [0.1, 0.15) is 0 Å². The van der Waals surface area contributed by atoms with Gasteiger partial charge in [-0.15, -0.1) is 0 Å². The Labute approximate surface area is 217 Å². The summed E-state index contributed by atoms with van der Waals surface area (Å²) in [6, 6.07) is 0. The van der Waals surface area contributed by atoms with Gasteiger partial charge in [0.2, 0.25) is 5.91 Å². The molecule has 8 nitrogen and oxygen atoms in total. The zero-order valence-electron chi connectivity index (χ0n) is 22.7. The highest BCUT2D eigenvalue weighted by Gasteiger charge is 2.62. The molecule has 0 aromatic carbocycles. The molecule has 0 radical (unpaired) electrons. The summed E-state index contributed by atoms with van der Waals surface area (Å²) in [5, 5.41) is 21.7. The second-order valence-electron chi connectivity index (χ2n) is 13.1. The highest BCUT2D eigenvalue weighted by Crippen LogP contribution is 2.68. The van der Waals surface area contributed by atoms with Crippen LogP contribution in [0, 0.1) is 46.3 Å². The van der Waals surface area contributed by atoms with Crippen molar-refractivity contribution in [3.8, 4) is 0 Å². The van der Waals surface area contributed by atoms with Crippen molar-refractivity contribution in [1.82, 2.24) is 11.1 Å². The molecule has 36 heavy (non-hydrogen) atoms. The van der Waals surface area contributed by atoms with Crippen LogP contribution in [0.2, 0.25) is 0 Å². The Bertz CT molecular complexity index is 899. The molecule has 9 heteroatoms. The van der Waals surface area contributed by atoms with Crippen LogP contribution in [0.5, 0.6) is 0 Å². The Morgan fingerprint density at radius 2 is 1.67 bits per heavy atom. The third-order valence-corrected chi connectivity index (χ3v) is 12.0. The van der Waals surface area contributed by atoms with Crippen LogP contribution < -0.4 is 6.15 Å². The highest BCUT2D eigenvalue weighted by molar-refractivity contribution is 7.85. The fourth-order valence-corrected chi connectivity index (χ4v) is 9.80. The van der Waals surface area contributed by atoms with Gasteiger partial charge in [0.05, 0.1) is 18.0 Å². The number of hydrogen-bond donors (Lipinski definition) is 4. The number of carbonyl (C=O) groups excluding carboxylic acids is 1. The summed E-state index contributed by atoms with van der Waals surface area (Å²) in [4.78, 5) is 14.0. The first-order valence-corrected chi connectivity index (χ1v) is 15.4. The molecule has 0 aromatic heterocycles. The summed E-state index contributed by atoms with van der Waals surface area (Å²) in [6.45, 7) is 7.14. The standard InChI is InChI=1S/C27H47NO6S.H3N/c1-17(5-8-24(31)28(4)13-14-35(32,33)34)20-6-7-21-25-22(10-12-27(20,21)3)26(2)11-9-19(29)15-18(26)16-23(25)30;/h17-23,25,29-30H,5-16H2,1-4H3,(H,32,33,34);1H3/t17-,18?,19-,20-,21?,22?,23+,25?,26+,27-;/m1./s1. The van der Waals surface area contributed by atoms with E-state index < -0.39 is 15.9 Å². The minimum Gasteiger partial charge on any atom is -0.393 e. The van der Waals surface area contributed by atoms with Gasteiger partial charge in [-0.05, 0) is 104 Å². The van der Waals surface area contributed by atoms with Crippen LogP contribution in [-0.2, 0) is 14.9 Å². The number of rotatable bonds is 7.